The fourth-order valence-electron chi connectivity index (χ4n) is 1.98. The van der Waals surface area contributed by atoms with Crippen molar-refractivity contribution in [3.05, 3.63) is 41.2 Å². The van der Waals surface area contributed by atoms with Crippen molar-refractivity contribution in [3.63, 3.8) is 0 Å². The molecule has 118 valence electrons. The van der Waals surface area contributed by atoms with Crippen LogP contribution in [0.1, 0.15) is 16.6 Å². The predicted molar refractivity (Wildman–Crippen MR) is 81.3 cm³/mol. The molecule has 8 heteroatoms. The van der Waals surface area contributed by atoms with Gasteiger partial charge < -0.3 is 15.2 Å². The highest BCUT2D eigenvalue weighted by molar-refractivity contribution is 7.99. The summed E-state index contributed by atoms with van der Waals surface area (Å²) in [5, 5.41) is -0.621. The molecule has 0 saturated heterocycles. The van der Waals surface area contributed by atoms with Crippen LogP contribution in [0.25, 0.3) is 0 Å². The number of nitrogen functional groups attached to an aromatic ring is 1. The SMILES string of the molecule is COc1cc(OC)nc(C(SC)c2c(N)cc(F)cc2F)n1. The van der Waals surface area contributed by atoms with E-state index >= 15 is 0 Å². The number of hydrogen-bond acceptors (Lipinski definition) is 6. The summed E-state index contributed by atoms with van der Waals surface area (Å²) < 4.78 is 37.5. The predicted octanol–water partition coefficient (Wildman–Crippen LogP) is 2.81. The van der Waals surface area contributed by atoms with E-state index in [4.69, 9.17) is 15.2 Å². The van der Waals surface area contributed by atoms with E-state index in [1.807, 2.05) is 0 Å². The summed E-state index contributed by atoms with van der Waals surface area (Å²) in [5.41, 5.74) is 5.90. The van der Waals surface area contributed by atoms with Gasteiger partial charge in [0.05, 0.1) is 25.5 Å². The molecule has 1 heterocycles. The monoisotopic (exact) mass is 327 g/mol. The molecule has 0 radical (unpaired) electrons. The van der Waals surface area contributed by atoms with Gasteiger partial charge in [-0.1, -0.05) is 0 Å². The summed E-state index contributed by atoms with van der Waals surface area (Å²) >= 11 is 1.27. The maximum atomic E-state index is 14.1. The molecule has 0 fully saturated rings. The number of benzene rings is 1. The zero-order chi connectivity index (χ0) is 16.3. The fourth-order valence-corrected chi connectivity index (χ4v) is 2.78. The van der Waals surface area contributed by atoms with Crippen LogP contribution in [0.15, 0.2) is 18.2 Å². The molecule has 0 aliphatic carbocycles. The molecule has 0 saturated carbocycles. The Balaban J connectivity index is 2.58. The third-order valence-electron chi connectivity index (χ3n) is 2.97. The highest BCUT2D eigenvalue weighted by atomic mass is 32.2. The van der Waals surface area contributed by atoms with Crippen molar-refractivity contribution < 1.29 is 18.3 Å². The minimum Gasteiger partial charge on any atom is -0.481 e. The molecule has 1 unspecified atom stereocenters. The molecule has 0 spiro atoms. The lowest BCUT2D eigenvalue weighted by molar-refractivity contribution is 0.368. The summed E-state index contributed by atoms with van der Waals surface area (Å²) in [6.07, 6.45) is 1.75. The molecule has 2 aromatic rings. The van der Waals surface area contributed by atoms with E-state index in [1.54, 1.807) is 6.26 Å². The summed E-state index contributed by atoms with van der Waals surface area (Å²) in [5.74, 6) is -0.658. The van der Waals surface area contributed by atoms with Crippen LogP contribution < -0.4 is 15.2 Å². The van der Waals surface area contributed by atoms with E-state index in [2.05, 4.69) is 9.97 Å². The van der Waals surface area contributed by atoms with Crippen molar-refractivity contribution in [1.29, 1.82) is 0 Å². The number of nitrogens with two attached hydrogens (primary N) is 1. The van der Waals surface area contributed by atoms with Gasteiger partial charge in [-0.25, -0.2) is 8.78 Å². The minimum atomic E-state index is -0.748. The standard InChI is InChI=1S/C14H15F2N3O2S/c1-20-10-6-11(21-2)19-14(18-10)13(22-3)12-8(16)4-7(15)5-9(12)17/h4-6,13H,17H2,1-3H3. The molecule has 0 aliphatic rings. The fraction of sp³-hybridized carbons (Fsp3) is 0.286. The first-order valence-electron chi connectivity index (χ1n) is 6.24. The van der Waals surface area contributed by atoms with Crippen LogP contribution in [0.5, 0.6) is 11.8 Å². The Kier molecular flexibility index (Phi) is 5.02. The van der Waals surface area contributed by atoms with E-state index < -0.39 is 16.9 Å². The van der Waals surface area contributed by atoms with Crippen molar-refractivity contribution >= 4 is 17.4 Å². The highest BCUT2D eigenvalue weighted by Gasteiger charge is 2.24. The van der Waals surface area contributed by atoms with Crippen molar-refractivity contribution in [1.82, 2.24) is 9.97 Å². The average molecular weight is 327 g/mol. The zero-order valence-corrected chi connectivity index (χ0v) is 13.1. The van der Waals surface area contributed by atoms with Gasteiger partial charge in [0.15, 0.2) is 5.82 Å². The molecule has 1 aromatic carbocycles. The van der Waals surface area contributed by atoms with Crippen LogP contribution in [-0.4, -0.2) is 30.4 Å². The van der Waals surface area contributed by atoms with E-state index in [0.717, 1.165) is 12.1 Å². The van der Waals surface area contributed by atoms with E-state index in [0.29, 0.717) is 0 Å². The number of nitrogens with zero attached hydrogens (tertiary/aromatic N) is 2. The maximum absolute atomic E-state index is 14.1. The molecular weight excluding hydrogens is 312 g/mol. The molecule has 0 bridgehead atoms. The Morgan fingerprint density at radius 1 is 1.09 bits per heavy atom. The molecular formula is C14H15F2N3O2S. The quantitative estimate of drug-likeness (QED) is 0.852. The first-order valence-corrected chi connectivity index (χ1v) is 7.53. The van der Waals surface area contributed by atoms with Crippen LogP contribution in [0.2, 0.25) is 0 Å². The van der Waals surface area contributed by atoms with Crippen LogP contribution in [-0.2, 0) is 0 Å². The van der Waals surface area contributed by atoms with Crippen LogP contribution >= 0.6 is 11.8 Å². The maximum Gasteiger partial charge on any atom is 0.220 e. The number of halogens is 2. The Morgan fingerprint density at radius 2 is 1.68 bits per heavy atom. The Labute approximate surface area is 130 Å². The van der Waals surface area contributed by atoms with Crippen molar-refractivity contribution in [2.24, 2.45) is 0 Å². The number of aromatic nitrogens is 2. The van der Waals surface area contributed by atoms with Gasteiger partial charge in [0.2, 0.25) is 11.8 Å². The normalized spacial score (nSPS) is 12.0. The van der Waals surface area contributed by atoms with Gasteiger partial charge in [0.1, 0.15) is 11.6 Å². The van der Waals surface area contributed by atoms with Gasteiger partial charge in [0, 0.05) is 17.3 Å². The molecule has 0 amide bonds. The lowest BCUT2D eigenvalue weighted by atomic mass is 10.1. The van der Waals surface area contributed by atoms with Crippen LogP contribution in [0.3, 0.4) is 0 Å². The van der Waals surface area contributed by atoms with Crippen LogP contribution in [0, 0.1) is 11.6 Å². The summed E-state index contributed by atoms with van der Waals surface area (Å²) in [7, 11) is 2.90. The van der Waals surface area contributed by atoms with Crippen molar-refractivity contribution in [2.75, 3.05) is 26.2 Å². The first kappa shape index (κ1) is 16.3. The Hall–Kier alpha value is -2.09. The third-order valence-corrected chi connectivity index (χ3v) is 3.89. The van der Waals surface area contributed by atoms with Crippen LogP contribution in [0.4, 0.5) is 14.5 Å². The summed E-state index contributed by atoms with van der Waals surface area (Å²) in [6.45, 7) is 0. The highest BCUT2D eigenvalue weighted by Crippen LogP contribution is 2.38. The average Bonchev–Trinajstić information content (AvgIpc) is 2.49. The second-order valence-electron chi connectivity index (χ2n) is 4.32. The van der Waals surface area contributed by atoms with Crippen molar-refractivity contribution in [2.45, 2.75) is 5.25 Å². The van der Waals surface area contributed by atoms with Gasteiger partial charge in [-0.3, -0.25) is 0 Å². The molecule has 1 atom stereocenters. The number of methoxy groups -OCH3 is 2. The molecule has 0 aliphatic heterocycles. The summed E-state index contributed by atoms with van der Waals surface area (Å²) in [4.78, 5) is 8.40. The molecule has 2 N–H and O–H groups in total. The third kappa shape index (κ3) is 3.22. The number of hydrogen-bond donors (Lipinski definition) is 1. The molecule has 2 rings (SSSR count). The van der Waals surface area contributed by atoms with Crippen molar-refractivity contribution in [3.8, 4) is 11.8 Å². The second-order valence-corrected chi connectivity index (χ2v) is 5.26. The van der Waals surface area contributed by atoms with Gasteiger partial charge >= 0.3 is 0 Å². The number of thioether (sulfide) groups is 1. The van der Waals surface area contributed by atoms with Gasteiger partial charge in [-0.2, -0.15) is 9.97 Å². The van der Waals surface area contributed by atoms with Gasteiger partial charge in [-0.05, 0) is 12.3 Å². The smallest absolute Gasteiger partial charge is 0.220 e. The first-order chi connectivity index (χ1) is 10.5. The topological polar surface area (TPSA) is 70.3 Å². The largest absolute Gasteiger partial charge is 0.481 e. The van der Waals surface area contributed by atoms with E-state index in [1.165, 1.54) is 32.0 Å². The van der Waals surface area contributed by atoms with Gasteiger partial charge in [-0.15, -0.1) is 11.8 Å². The van der Waals surface area contributed by atoms with Gasteiger partial charge in [0.25, 0.3) is 0 Å². The summed E-state index contributed by atoms with van der Waals surface area (Å²) in [6, 6.07) is 3.36. The second kappa shape index (κ2) is 6.78. The number of anilines is 1. The lowest BCUT2D eigenvalue weighted by Gasteiger charge is -2.17. The lowest BCUT2D eigenvalue weighted by Crippen LogP contribution is -2.10. The Bertz CT molecular complexity index is 640. The number of ether oxygens (including phenoxy) is 2. The zero-order valence-electron chi connectivity index (χ0n) is 12.3. The Morgan fingerprint density at radius 3 is 2.14 bits per heavy atom. The molecule has 1 aromatic heterocycles. The molecule has 5 nitrogen and oxygen atoms in total. The van der Waals surface area contributed by atoms with E-state index in [9.17, 15) is 8.78 Å². The number of rotatable bonds is 5. The minimum absolute atomic E-state index is 0.00207. The van der Waals surface area contributed by atoms with E-state index in [-0.39, 0.29) is 28.8 Å². The molecule has 22 heavy (non-hydrogen) atoms.